The second-order valence-corrected chi connectivity index (χ2v) is 9.56. The van der Waals surface area contributed by atoms with Crippen LogP contribution in [0.3, 0.4) is 0 Å². The quantitative estimate of drug-likeness (QED) is 0.403. The van der Waals surface area contributed by atoms with Gasteiger partial charge in [-0.25, -0.2) is 0 Å². The average molecular weight is 365 g/mol. The lowest BCUT2D eigenvalue weighted by atomic mass is 10.1. The van der Waals surface area contributed by atoms with Crippen molar-refractivity contribution in [1.82, 2.24) is 0 Å². The van der Waals surface area contributed by atoms with Crippen molar-refractivity contribution in [2.45, 2.75) is 28.9 Å². The highest BCUT2D eigenvalue weighted by atomic mass is 32.2. The Morgan fingerprint density at radius 1 is 0.560 bits per heavy atom. The third-order valence-corrected chi connectivity index (χ3v) is 7.31. The van der Waals surface area contributed by atoms with Gasteiger partial charge in [-0.1, -0.05) is 91.0 Å². The standard InChI is InChI=1S/C23H24S2/c1-23(17-20-11-5-2-6-12-20,24-18-21-13-7-3-8-14-21)25-19-22-15-9-4-10-16-22/h2-16H,17-19H2,1H3. The van der Waals surface area contributed by atoms with E-state index in [0.717, 1.165) is 17.9 Å². The number of hydrogen-bond acceptors (Lipinski definition) is 2. The molecule has 25 heavy (non-hydrogen) atoms. The van der Waals surface area contributed by atoms with Crippen LogP contribution in [0.4, 0.5) is 0 Å². The van der Waals surface area contributed by atoms with Gasteiger partial charge in [-0.2, -0.15) is 0 Å². The summed E-state index contributed by atoms with van der Waals surface area (Å²) in [4.78, 5) is 0. The van der Waals surface area contributed by atoms with Crippen LogP contribution in [0, 0.1) is 0 Å². The maximum atomic E-state index is 2.39. The first-order valence-electron chi connectivity index (χ1n) is 8.63. The molecule has 0 bridgehead atoms. The topological polar surface area (TPSA) is 0 Å². The number of thioether (sulfide) groups is 2. The van der Waals surface area contributed by atoms with Gasteiger partial charge in [0, 0.05) is 11.5 Å². The van der Waals surface area contributed by atoms with Gasteiger partial charge < -0.3 is 0 Å². The number of rotatable bonds is 8. The molecular formula is C23H24S2. The molecule has 0 saturated heterocycles. The van der Waals surface area contributed by atoms with Crippen LogP contribution < -0.4 is 0 Å². The molecule has 3 aromatic rings. The normalized spacial score (nSPS) is 11.4. The van der Waals surface area contributed by atoms with Crippen molar-refractivity contribution in [1.29, 1.82) is 0 Å². The van der Waals surface area contributed by atoms with E-state index >= 15 is 0 Å². The van der Waals surface area contributed by atoms with Crippen molar-refractivity contribution in [3.05, 3.63) is 108 Å². The first-order chi connectivity index (χ1) is 12.2. The Morgan fingerprint density at radius 3 is 1.32 bits per heavy atom. The third-order valence-electron chi connectivity index (χ3n) is 4.14. The van der Waals surface area contributed by atoms with Gasteiger partial charge >= 0.3 is 0 Å². The van der Waals surface area contributed by atoms with Gasteiger partial charge in [-0.3, -0.25) is 0 Å². The van der Waals surface area contributed by atoms with Crippen molar-refractivity contribution in [3.8, 4) is 0 Å². The van der Waals surface area contributed by atoms with E-state index in [2.05, 4.69) is 121 Å². The van der Waals surface area contributed by atoms with Crippen LogP contribution in [0.25, 0.3) is 0 Å². The molecule has 3 aromatic carbocycles. The van der Waals surface area contributed by atoms with E-state index in [0.29, 0.717) is 0 Å². The fraction of sp³-hybridized carbons (Fsp3) is 0.217. The molecule has 2 heteroatoms. The van der Waals surface area contributed by atoms with Crippen LogP contribution in [-0.2, 0) is 17.9 Å². The van der Waals surface area contributed by atoms with Gasteiger partial charge in [0.25, 0.3) is 0 Å². The Kier molecular flexibility index (Phi) is 6.66. The minimum Gasteiger partial charge on any atom is -0.139 e. The Balaban J connectivity index is 1.70. The van der Waals surface area contributed by atoms with Crippen LogP contribution in [0.1, 0.15) is 23.6 Å². The smallest absolute Gasteiger partial charge is 0.0629 e. The molecule has 0 aliphatic carbocycles. The molecule has 0 N–H and O–H groups in total. The zero-order chi connectivity index (χ0) is 17.4. The molecule has 0 fully saturated rings. The van der Waals surface area contributed by atoms with Crippen LogP contribution in [0.15, 0.2) is 91.0 Å². The lowest BCUT2D eigenvalue weighted by molar-refractivity contribution is 0.877. The molecule has 0 saturated carbocycles. The molecule has 0 aliphatic heterocycles. The zero-order valence-electron chi connectivity index (χ0n) is 14.6. The van der Waals surface area contributed by atoms with Gasteiger partial charge in [0.1, 0.15) is 0 Å². The summed E-state index contributed by atoms with van der Waals surface area (Å²) < 4.78 is 0.146. The number of hydrogen-bond donors (Lipinski definition) is 0. The van der Waals surface area contributed by atoms with E-state index in [1.165, 1.54) is 16.7 Å². The molecule has 0 radical (unpaired) electrons. The summed E-state index contributed by atoms with van der Waals surface area (Å²) >= 11 is 4.11. The molecule has 128 valence electrons. The second kappa shape index (κ2) is 9.17. The highest BCUT2D eigenvalue weighted by molar-refractivity contribution is 8.17. The molecule has 0 spiro atoms. The summed E-state index contributed by atoms with van der Waals surface area (Å²) in [5, 5.41) is 0. The molecule has 0 aromatic heterocycles. The van der Waals surface area contributed by atoms with E-state index in [1.807, 2.05) is 0 Å². The summed E-state index contributed by atoms with van der Waals surface area (Å²) in [5.74, 6) is 2.10. The summed E-state index contributed by atoms with van der Waals surface area (Å²) in [7, 11) is 0. The Morgan fingerprint density at radius 2 is 0.920 bits per heavy atom. The fourth-order valence-electron chi connectivity index (χ4n) is 2.73. The largest absolute Gasteiger partial charge is 0.139 e. The van der Waals surface area contributed by atoms with Gasteiger partial charge in [-0.15, -0.1) is 23.5 Å². The summed E-state index contributed by atoms with van der Waals surface area (Å²) in [6, 6.07) is 32.4. The Hall–Kier alpha value is -1.64. The molecular weight excluding hydrogens is 340 g/mol. The van der Waals surface area contributed by atoms with Crippen LogP contribution in [-0.4, -0.2) is 4.08 Å². The van der Waals surface area contributed by atoms with E-state index < -0.39 is 0 Å². The van der Waals surface area contributed by atoms with E-state index in [9.17, 15) is 0 Å². The lowest BCUT2D eigenvalue weighted by Crippen LogP contribution is -2.19. The van der Waals surface area contributed by atoms with Gasteiger partial charge in [0.05, 0.1) is 4.08 Å². The molecule has 0 aliphatic rings. The monoisotopic (exact) mass is 364 g/mol. The predicted molar refractivity (Wildman–Crippen MR) is 114 cm³/mol. The van der Waals surface area contributed by atoms with E-state index in [1.54, 1.807) is 0 Å². The second-order valence-electron chi connectivity index (χ2n) is 6.34. The molecule has 0 atom stereocenters. The maximum Gasteiger partial charge on any atom is 0.0629 e. The predicted octanol–water partition coefficient (Wildman–Crippen LogP) is 6.81. The molecule has 0 amide bonds. The van der Waals surface area contributed by atoms with Gasteiger partial charge in [0.2, 0.25) is 0 Å². The maximum absolute atomic E-state index is 2.39. The first kappa shape index (κ1) is 18.2. The molecule has 0 heterocycles. The van der Waals surface area contributed by atoms with Crippen molar-refractivity contribution in [2.24, 2.45) is 0 Å². The molecule has 0 unspecified atom stereocenters. The summed E-state index contributed by atoms with van der Waals surface area (Å²) in [6.45, 7) is 2.39. The average Bonchev–Trinajstić information content (AvgIpc) is 2.68. The zero-order valence-corrected chi connectivity index (χ0v) is 16.2. The fourth-order valence-corrected chi connectivity index (χ4v) is 5.28. The van der Waals surface area contributed by atoms with Crippen LogP contribution in [0.5, 0.6) is 0 Å². The van der Waals surface area contributed by atoms with Crippen LogP contribution in [0.2, 0.25) is 0 Å². The first-order valence-corrected chi connectivity index (χ1v) is 10.6. The minimum atomic E-state index is 0.146. The third kappa shape index (κ3) is 5.98. The van der Waals surface area contributed by atoms with Gasteiger partial charge in [-0.05, 0) is 30.0 Å². The highest BCUT2D eigenvalue weighted by Crippen LogP contribution is 2.43. The number of benzene rings is 3. The summed E-state index contributed by atoms with van der Waals surface area (Å²) in [5.41, 5.74) is 4.20. The molecule has 0 nitrogen and oxygen atoms in total. The Bertz CT molecular complexity index is 695. The Labute approximate surface area is 160 Å². The van der Waals surface area contributed by atoms with Crippen molar-refractivity contribution in [3.63, 3.8) is 0 Å². The minimum absolute atomic E-state index is 0.146. The van der Waals surface area contributed by atoms with Crippen molar-refractivity contribution >= 4 is 23.5 Å². The van der Waals surface area contributed by atoms with Crippen LogP contribution >= 0.6 is 23.5 Å². The van der Waals surface area contributed by atoms with Crippen molar-refractivity contribution in [2.75, 3.05) is 0 Å². The SMILES string of the molecule is CC(Cc1ccccc1)(SCc1ccccc1)SCc1ccccc1. The highest BCUT2D eigenvalue weighted by Gasteiger charge is 2.26. The van der Waals surface area contributed by atoms with Crippen molar-refractivity contribution < 1.29 is 0 Å². The van der Waals surface area contributed by atoms with Gasteiger partial charge in [0.15, 0.2) is 0 Å². The lowest BCUT2D eigenvalue weighted by Gasteiger charge is -2.29. The summed E-state index contributed by atoms with van der Waals surface area (Å²) in [6.07, 6.45) is 1.07. The molecule has 3 rings (SSSR count). The van der Waals surface area contributed by atoms with E-state index in [4.69, 9.17) is 0 Å². The van der Waals surface area contributed by atoms with E-state index in [-0.39, 0.29) is 4.08 Å².